The molecule has 6 heteroatoms. The number of carbonyl (C=O) groups is 1. The van der Waals surface area contributed by atoms with Crippen LogP contribution in [-0.4, -0.2) is 31.5 Å². The van der Waals surface area contributed by atoms with E-state index in [1.165, 1.54) is 6.07 Å². The average Bonchev–Trinajstić information content (AvgIpc) is 2.25. The molecule has 0 radical (unpaired) electrons. The zero-order chi connectivity index (χ0) is 15.6. The molecule has 1 aromatic rings. The Bertz CT molecular complexity index is 580. The first-order valence-corrected chi connectivity index (χ1v) is 7.95. The van der Waals surface area contributed by atoms with Crippen LogP contribution in [0.3, 0.4) is 0 Å². The summed E-state index contributed by atoms with van der Waals surface area (Å²) in [5, 5.41) is 0. The van der Waals surface area contributed by atoms with E-state index in [-0.39, 0.29) is 12.4 Å². The minimum absolute atomic E-state index is 0.160. The summed E-state index contributed by atoms with van der Waals surface area (Å²) in [7, 11) is -3.29. The minimum Gasteiger partial charge on any atom is -0.461 e. The van der Waals surface area contributed by atoms with E-state index in [0.717, 1.165) is 5.56 Å². The van der Waals surface area contributed by atoms with Gasteiger partial charge in [0.1, 0.15) is 6.61 Å². The van der Waals surface area contributed by atoms with Crippen molar-refractivity contribution in [3.63, 3.8) is 0 Å². The lowest BCUT2D eigenvalue weighted by Gasteiger charge is -2.18. The topological polar surface area (TPSA) is 86.5 Å². The van der Waals surface area contributed by atoms with E-state index in [2.05, 4.69) is 0 Å². The molecule has 0 aliphatic heterocycles. The van der Waals surface area contributed by atoms with E-state index in [1.54, 1.807) is 32.9 Å². The Hall–Kier alpha value is -1.56. The molecule has 112 valence electrons. The third kappa shape index (κ3) is 4.23. The van der Waals surface area contributed by atoms with Crippen molar-refractivity contribution in [3.05, 3.63) is 29.3 Å². The van der Waals surface area contributed by atoms with Crippen molar-refractivity contribution in [1.82, 2.24) is 0 Å². The number of sulfone groups is 1. The molecule has 0 fully saturated rings. The van der Waals surface area contributed by atoms with Crippen molar-refractivity contribution >= 4 is 21.5 Å². The number of anilines is 1. The molecule has 0 bridgehead atoms. The van der Waals surface area contributed by atoms with Crippen LogP contribution in [0.15, 0.2) is 18.2 Å². The summed E-state index contributed by atoms with van der Waals surface area (Å²) < 4.78 is 27.9. The maximum atomic E-state index is 11.9. The quantitative estimate of drug-likeness (QED) is 0.678. The van der Waals surface area contributed by atoms with Gasteiger partial charge in [-0.1, -0.05) is 0 Å². The van der Waals surface area contributed by atoms with Gasteiger partial charge in [-0.25, -0.2) is 13.2 Å². The molecule has 0 saturated carbocycles. The normalized spacial score (nSPS) is 12.2. The molecule has 0 spiro atoms. The Morgan fingerprint density at radius 3 is 2.35 bits per heavy atom. The van der Waals surface area contributed by atoms with Crippen LogP contribution in [0, 0.1) is 6.92 Å². The first-order chi connectivity index (χ1) is 9.03. The van der Waals surface area contributed by atoms with Gasteiger partial charge in [-0.05, 0) is 51.5 Å². The van der Waals surface area contributed by atoms with Gasteiger partial charge < -0.3 is 10.5 Å². The second-order valence-electron chi connectivity index (χ2n) is 5.70. The molecule has 0 amide bonds. The molecule has 0 heterocycles. The van der Waals surface area contributed by atoms with Crippen molar-refractivity contribution in [2.24, 2.45) is 0 Å². The SMILES string of the molecule is Cc1cc(N)cc(C(=O)OCCS(=O)(=O)C(C)(C)C)c1. The van der Waals surface area contributed by atoms with Crippen LogP contribution in [0.4, 0.5) is 5.69 Å². The summed E-state index contributed by atoms with van der Waals surface area (Å²) in [4.78, 5) is 11.8. The van der Waals surface area contributed by atoms with Crippen molar-refractivity contribution in [1.29, 1.82) is 0 Å². The van der Waals surface area contributed by atoms with Crippen molar-refractivity contribution in [2.75, 3.05) is 18.1 Å². The lowest BCUT2D eigenvalue weighted by Crippen LogP contribution is -2.32. The Morgan fingerprint density at radius 2 is 1.85 bits per heavy atom. The number of hydrogen-bond donors (Lipinski definition) is 1. The van der Waals surface area contributed by atoms with Gasteiger partial charge in [0.05, 0.1) is 16.1 Å². The summed E-state index contributed by atoms with van der Waals surface area (Å²) >= 11 is 0. The largest absolute Gasteiger partial charge is 0.461 e. The smallest absolute Gasteiger partial charge is 0.338 e. The number of aryl methyl sites for hydroxylation is 1. The highest BCUT2D eigenvalue weighted by molar-refractivity contribution is 7.92. The van der Waals surface area contributed by atoms with Crippen LogP contribution < -0.4 is 5.73 Å². The highest BCUT2D eigenvalue weighted by atomic mass is 32.2. The second kappa shape index (κ2) is 5.83. The minimum atomic E-state index is -3.29. The summed E-state index contributed by atoms with van der Waals surface area (Å²) in [6, 6.07) is 4.89. The second-order valence-corrected chi connectivity index (χ2v) is 8.56. The van der Waals surface area contributed by atoms with Crippen LogP contribution in [0.2, 0.25) is 0 Å². The average molecular weight is 299 g/mol. The molecule has 0 aromatic heterocycles. The van der Waals surface area contributed by atoms with Gasteiger partial charge in [-0.2, -0.15) is 0 Å². The van der Waals surface area contributed by atoms with E-state index in [0.29, 0.717) is 11.3 Å². The fraction of sp³-hybridized carbons (Fsp3) is 0.500. The molecule has 1 aromatic carbocycles. The number of esters is 1. The van der Waals surface area contributed by atoms with Crippen LogP contribution in [0.25, 0.3) is 0 Å². The number of rotatable bonds is 4. The first kappa shape index (κ1) is 16.5. The van der Waals surface area contributed by atoms with Crippen molar-refractivity contribution < 1.29 is 17.9 Å². The summed E-state index contributed by atoms with van der Waals surface area (Å²) in [6.45, 7) is 6.51. The molecule has 5 nitrogen and oxygen atoms in total. The Kier molecular flexibility index (Phi) is 4.81. The summed E-state index contributed by atoms with van der Waals surface area (Å²) in [6.07, 6.45) is 0. The van der Waals surface area contributed by atoms with Gasteiger partial charge in [0.15, 0.2) is 9.84 Å². The molecule has 0 unspecified atom stereocenters. The summed E-state index contributed by atoms with van der Waals surface area (Å²) in [5.74, 6) is -0.756. The molecule has 0 aliphatic carbocycles. The first-order valence-electron chi connectivity index (χ1n) is 6.29. The third-order valence-electron chi connectivity index (χ3n) is 2.85. The van der Waals surface area contributed by atoms with Gasteiger partial charge in [-0.15, -0.1) is 0 Å². The number of benzene rings is 1. The number of carbonyl (C=O) groups excluding carboxylic acids is 1. The molecule has 20 heavy (non-hydrogen) atoms. The van der Waals surface area contributed by atoms with Crippen LogP contribution in [0.5, 0.6) is 0 Å². The van der Waals surface area contributed by atoms with Crippen LogP contribution in [0.1, 0.15) is 36.7 Å². The number of nitrogen functional groups attached to an aromatic ring is 1. The van der Waals surface area contributed by atoms with Gasteiger partial charge in [0, 0.05) is 5.69 Å². The molecule has 2 N–H and O–H groups in total. The fourth-order valence-corrected chi connectivity index (χ4v) is 2.48. The zero-order valence-corrected chi connectivity index (χ0v) is 13.1. The van der Waals surface area contributed by atoms with Gasteiger partial charge >= 0.3 is 5.97 Å². The molecule has 0 atom stereocenters. The maximum absolute atomic E-state index is 11.9. The molecule has 0 saturated heterocycles. The molecular formula is C14H21NO4S. The highest BCUT2D eigenvalue weighted by Gasteiger charge is 2.28. The standard InChI is InChI=1S/C14H21NO4S/c1-10-7-11(9-12(15)8-10)13(16)19-5-6-20(17,18)14(2,3)4/h7-9H,5-6,15H2,1-4H3. The van der Waals surface area contributed by atoms with Crippen LogP contribution >= 0.6 is 0 Å². The Labute approximate surface area is 120 Å². The summed E-state index contributed by atoms with van der Waals surface area (Å²) in [5.41, 5.74) is 7.30. The number of hydrogen-bond acceptors (Lipinski definition) is 5. The highest BCUT2D eigenvalue weighted by Crippen LogP contribution is 2.16. The lowest BCUT2D eigenvalue weighted by molar-refractivity contribution is 0.0529. The fourth-order valence-electron chi connectivity index (χ4n) is 1.56. The van der Waals surface area contributed by atoms with E-state index >= 15 is 0 Å². The Morgan fingerprint density at radius 1 is 1.25 bits per heavy atom. The monoisotopic (exact) mass is 299 g/mol. The number of ether oxygens (including phenoxy) is 1. The third-order valence-corrected chi connectivity index (χ3v) is 5.42. The van der Waals surface area contributed by atoms with Gasteiger partial charge in [0.2, 0.25) is 0 Å². The number of nitrogens with two attached hydrogens (primary N) is 1. The van der Waals surface area contributed by atoms with Crippen molar-refractivity contribution in [3.8, 4) is 0 Å². The zero-order valence-electron chi connectivity index (χ0n) is 12.3. The van der Waals surface area contributed by atoms with E-state index < -0.39 is 20.6 Å². The van der Waals surface area contributed by atoms with E-state index in [9.17, 15) is 13.2 Å². The Balaban J connectivity index is 2.65. The lowest BCUT2D eigenvalue weighted by atomic mass is 10.1. The van der Waals surface area contributed by atoms with E-state index in [4.69, 9.17) is 10.5 Å². The van der Waals surface area contributed by atoms with E-state index in [1.807, 2.05) is 6.92 Å². The molecule has 1 rings (SSSR count). The predicted molar refractivity (Wildman–Crippen MR) is 79.4 cm³/mol. The van der Waals surface area contributed by atoms with Crippen LogP contribution in [-0.2, 0) is 14.6 Å². The molecule has 0 aliphatic rings. The maximum Gasteiger partial charge on any atom is 0.338 e. The molecular weight excluding hydrogens is 278 g/mol. The van der Waals surface area contributed by atoms with Gasteiger partial charge in [0.25, 0.3) is 0 Å². The van der Waals surface area contributed by atoms with Crippen molar-refractivity contribution in [2.45, 2.75) is 32.4 Å². The van der Waals surface area contributed by atoms with Gasteiger partial charge in [-0.3, -0.25) is 0 Å². The predicted octanol–water partition coefficient (Wildman–Crippen LogP) is 1.95.